The van der Waals surface area contributed by atoms with Crippen molar-refractivity contribution >= 4 is 0 Å². The molecule has 2 heteroatoms. The number of benzene rings is 1. The summed E-state index contributed by atoms with van der Waals surface area (Å²) in [5, 5.41) is 0. The van der Waals surface area contributed by atoms with Gasteiger partial charge in [-0.2, -0.15) is 0 Å². The molecular formula is C11H13O2. The SMILES string of the molecule is [CH2]c1ccc(COC2COC2)cc1. The van der Waals surface area contributed by atoms with Crippen LogP contribution in [0, 0.1) is 6.92 Å². The zero-order valence-corrected chi connectivity index (χ0v) is 7.53. The van der Waals surface area contributed by atoms with E-state index < -0.39 is 0 Å². The van der Waals surface area contributed by atoms with Crippen LogP contribution in [-0.2, 0) is 16.1 Å². The summed E-state index contributed by atoms with van der Waals surface area (Å²) in [6.45, 7) is 5.99. The fraction of sp³-hybridized carbons (Fsp3) is 0.364. The lowest BCUT2D eigenvalue weighted by Crippen LogP contribution is -2.35. The first kappa shape index (κ1) is 8.73. The highest BCUT2D eigenvalue weighted by atomic mass is 16.6. The highest BCUT2D eigenvalue weighted by Crippen LogP contribution is 2.10. The monoisotopic (exact) mass is 177 g/mol. The Morgan fingerprint density at radius 2 is 2.00 bits per heavy atom. The Bertz CT molecular complexity index is 262. The molecule has 0 unspecified atom stereocenters. The van der Waals surface area contributed by atoms with E-state index in [0.29, 0.717) is 12.7 Å². The van der Waals surface area contributed by atoms with E-state index in [0.717, 1.165) is 18.8 Å². The highest BCUT2D eigenvalue weighted by molar-refractivity contribution is 5.23. The third-order valence-electron chi connectivity index (χ3n) is 2.12. The number of hydrogen-bond acceptors (Lipinski definition) is 2. The normalized spacial score (nSPS) is 17.0. The molecule has 0 aliphatic carbocycles. The minimum atomic E-state index is 0.305. The van der Waals surface area contributed by atoms with Gasteiger partial charge in [-0.25, -0.2) is 0 Å². The number of ether oxygens (including phenoxy) is 2. The van der Waals surface area contributed by atoms with Crippen molar-refractivity contribution in [3.05, 3.63) is 42.3 Å². The van der Waals surface area contributed by atoms with Crippen LogP contribution < -0.4 is 0 Å². The second kappa shape index (κ2) is 3.90. The van der Waals surface area contributed by atoms with Gasteiger partial charge in [-0.15, -0.1) is 0 Å². The lowest BCUT2D eigenvalue weighted by atomic mass is 10.2. The van der Waals surface area contributed by atoms with Crippen LogP contribution in [-0.4, -0.2) is 19.3 Å². The number of hydrogen-bond donors (Lipinski definition) is 0. The smallest absolute Gasteiger partial charge is 0.105 e. The molecule has 1 heterocycles. The fourth-order valence-electron chi connectivity index (χ4n) is 1.16. The highest BCUT2D eigenvalue weighted by Gasteiger charge is 2.18. The average molecular weight is 177 g/mol. The van der Waals surface area contributed by atoms with Crippen LogP contribution in [0.2, 0.25) is 0 Å². The first-order chi connectivity index (χ1) is 6.34. The third-order valence-corrected chi connectivity index (χ3v) is 2.12. The zero-order chi connectivity index (χ0) is 9.10. The van der Waals surface area contributed by atoms with Crippen molar-refractivity contribution in [1.82, 2.24) is 0 Å². The molecule has 2 rings (SSSR count). The molecule has 0 spiro atoms. The molecule has 1 aliphatic heterocycles. The summed E-state index contributed by atoms with van der Waals surface area (Å²) in [6, 6.07) is 8.08. The summed E-state index contributed by atoms with van der Waals surface area (Å²) in [7, 11) is 0. The van der Waals surface area contributed by atoms with Gasteiger partial charge in [0.25, 0.3) is 0 Å². The maximum Gasteiger partial charge on any atom is 0.105 e. The first-order valence-electron chi connectivity index (χ1n) is 4.45. The molecule has 1 aromatic carbocycles. The van der Waals surface area contributed by atoms with E-state index in [1.54, 1.807) is 0 Å². The van der Waals surface area contributed by atoms with Crippen molar-refractivity contribution in [3.63, 3.8) is 0 Å². The van der Waals surface area contributed by atoms with Crippen LogP contribution in [0.5, 0.6) is 0 Å². The minimum absolute atomic E-state index is 0.305. The Morgan fingerprint density at radius 3 is 2.54 bits per heavy atom. The molecule has 1 saturated heterocycles. The lowest BCUT2D eigenvalue weighted by Gasteiger charge is -2.25. The molecule has 0 aromatic heterocycles. The van der Waals surface area contributed by atoms with E-state index in [1.165, 1.54) is 5.56 Å². The molecule has 0 bridgehead atoms. The van der Waals surface area contributed by atoms with Gasteiger partial charge in [0.1, 0.15) is 6.10 Å². The van der Waals surface area contributed by atoms with Crippen molar-refractivity contribution in [2.24, 2.45) is 0 Å². The van der Waals surface area contributed by atoms with Crippen molar-refractivity contribution in [2.75, 3.05) is 13.2 Å². The zero-order valence-electron chi connectivity index (χ0n) is 7.53. The predicted molar refractivity (Wildman–Crippen MR) is 50.3 cm³/mol. The standard InChI is InChI=1S/C11H13O2/c1-9-2-4-10(5-3-9)6-13-11-7-12-8-11/h2-5,11H,1,6-8H2. The second-order valence-corrected chi connectivity index (χ2v) is 3.29. The fourth-order valence-corrected chi connectivity index (χ4v) is 1.16. The van der Waals surface area contributed by atoms with Gasteiger partial charge >= 0.3 is 0 Å². The van der Waals surface area contributed by atoms with Gasteiger partial charge in [0.2, 0.25) is 0 Å². The van der Waals surface area contributed by atoms with Crippen LogP contribution in [0.4, 0.5) is 0 Å². The van der Waals surface area contributed by atoms with Crippen molar-refractivity contribution in [3.8, 4) is 0 Å². The molecule has 0 atom stereocenters. The van der Waals surface area contributed by atoms with Gasteiger partial charge in [0.15, 0.2) is 0 Å². The van der Waals surface area contributed by atoms with Crippen LogP contribution in [0.25, 0.3) is 0 Å². The Kier molecular flexibility index (Phi) is 2.62. The topological polar surface area (TPSA) is 18.5 Å². The molecule has 1 aliphatic rings. The molecule has 0 saturated carbocycles. The summed E-state index contributed by atoms with van der Waals surface area (Å²) in [5.74, 6) is 0. The summed E-state index contributed by atoms with van der Waals surface area (Å²) in [4.78, 5) is 0. The van der Waals surface area contributed by atoms with E-state index in [-0.39, 0.29) is 0 Å². The second-order valence-electron chi connectivity index (χ2n) is 3.29. The van der Waals surface area contributed by atoms with Gasteiger partial charge in [-0.3, -0.25) is 0 Å². The van der Waals surface area contributed by atoms with Gasteiger partial charge in [0.05, 0.1) is 19.8 Å². The van der Waals surface area contributed by atoms with Crippen LogP contribution in [0.3, 0.4) is 0 Å². The third kappa shape index (κ3) is 2.29. The summed E-state index contributed by atoms with van der Waals surface area (Å²) in [5.41, 5.74) is 2.23. The van der Waals surface area contributed by atoms with Crippen molar-refractivity contribution < 1.29 is 9.47 Å². The van der Waals surface area contributed by atoms with Gasteiger partial charge in [0, 0.05) is 0 Å². The molecule has 1 aromatic rings. The molecule has 69 valence electrons. The Labute approximate surface area is 78.5 Å². The lowest BCUT2D eigenvalue weighted by molar-refractivity contribution is -0.135. The quantitative estimate of drug-likeness (QED) is 0.700. The molecular weight excluding hydrogens is 164 g/mol. The molecule has 13 heavy (non-hydrogen) atoms. The predicted octanol–water partition coefficient (Wildman–Crippen LogP) is 1.78. The van der Waals surface area contributed by atoms with Crippen molar-refractivity contribution in [2.45, 2.75) is 12.7 Å². The molecule has 0 N–H and O–H groups in total. The minimum Gasteiger partial charge on any atom is -0.376 e. The maximum atomic E-state index is 5.56. The Balaban J connectivity index is 1.83. The molecule has 2 nitrogen and oxygen atoms in total. The number of rotatable bonds is 3. The molecule has 1 fully saturated rings. The summed E-state index contributed by atoms with van der Waals surface area (Å²) in [6.07, 6.45) is 0.305. The van der Waals surface area contributed by atoms with Gasteiger partial charge < -0.3 is 9.47 Å². The van der Waals surface area contributed by atoms with E-state index in [1.807, 2.05) is 24.3 Å². The van der Waals surface area contributed by atoms with E-state index in [2.05, 4.69) is 6.92 Å². The van der Waals surface area contributed by atoms with Crippen LogP contribution in [0.1, 0.15) is 11.1 Å². The molecule has 1 radical (unpaired) electrons. The largest absolute Gasteiger partial charge is 0.376 e. The van der Waals surface area contributed by atoms with E-state index in [9.17, 15) is 0 Å². The Hall–Kier alpha value is -0.860. The maximum absolute atomic E-state index is 5.56. The van der Waals surface area contributed by atoms with Gasteiger partial charge in [-0.1, -0.05) is 24.3 Å². The summed E-state index contributed by atoms with van der Waals surface area (Å²) < 4.78 is 10.6. The van der Waals surface area contributed by atoms with Crippen LogP contribution >= 0.6 is 0 Å². The van der Waals surface area contributed by atoms with Crippen LogP contribution in [0.15, 0.2) is 24.3 Å². The summed E-state index contributed by atoms with van der Waals surface area (Å²) >= 11 is 0. The van der Waals surface area contributed by atoms with E-state index in [4.69, 9.17) is 9.47 Å². The first-order valence-corrected chi connectivity index (χ1v) is 4.45. The van der Waals surface area contributed by atoms with E-state index >= 15 is 0 Å². The Morgan fingerprint density at radius 1 is 1.31 bits per heavy atom. The average Bonchev–Trinajstić information content (AvgIpc) is 2.05. The van der Waals surface area contributed by atoms with Crippen molar-refractivity contribution in [1.29, 1.82) is 0 Å². The van der Waals surface area contributed by atoms with Gasteiger partial charge in [-0.05, 0) is 18.1 Å². The molecule has 0 amide bonds.